The van der Waals surface area contributed by atoms with E-state index in [2.05, 4.69) is 57.2 Å². The van der Waals surface area contributed by atoms with Gasteiger partial charge in [0.05, 0.1) is 4.47 Å². The van der Waals surface area contributed by atoms with Gasteiger partial charge in [0.25, 0.3) is 0 Å². The SMILES string of the molecule is CC(C)c1cccc(Nc2nc(Cl)ncc2Br)c1. The third-order valence-electron chi connectivity index (χ3n) is 2.53. The maximum absolute atomic E-state index is 5.78. The molecule has 0 fully saturated rings. The number of hydrogen-bond donors (Lipinski definition) is 1. The largest absolute Gasteiger partial charge is 0.339 e. The lowest BCUT2D eigenvalue weighted by Crippen LogP contribution is -1.97. The average Bonchev–Trinajstić information content (AvgIpc) is 2.34. The molecule has 0 bridgehead atoms. The highest BCUT2D eigenvalue weighted by Gasteiger charge is 2.05. The minimum atomic E-state index is 0.223. The van der Waals surface area contributed by atoms with Crippen molar-refractivity contribution in [1.82, 2.24) is 9.97 Å². The van der Waals surface area contributed by atoms with E-state index in [1.165, 1.54) is 5.56 Å². The number of benzene rings is 1. The van der Waals surface area contributed by atoms with Crippen LogP contribution in [-0.2, 0) is 0 Å². The maximum Gasteiger partial charge on any atom is 0.224 e. The van der Waals surface area contributed by atoms with E-state index in [1.54, 1.807) is 6.20 Å². The Hall–Kier alpha value is -1.13. The van der Waals surface area contributed by atoms with E-state index in [4.69, 9.17) is 11.6 Å². The highest BCUT2D eigenvalue weighted by atomic mass is 79.9. The van der Waals surface area contributed by atoms with E-state index in [9.17, 15) is 0 Å². The minimum Gasteiger partial charge on any atom is -0.339 e. The summed E-state index contributed by atoms with van der Waals surface area (Å²) in [6.45, 7) is 4.33. The standard InChI is InChI=1S/C13H13BrClN3/c1-8(2)9-4-3-5-10(6-9)17-12-11(14)7-16-13(15)18-12/h3-8H,1-2H3,(H,16,17,18). The third kappa shape index (κ3) is 3.21. The second-order valence-corrected chi connectivity index (χ2v) is 5.43. The van der Waals surface area contributed by atoms with Gasteiger partial charge in [-0.05, 0) is 51.1 Å². The summed E-state index contributed by atoms with van der Waals surface area (Å²) in [5, 5.41) is 3.45. The van der Waals surface area contributed by atoms with Crippen LogP contribution in [0.2, 0.25) is 5.28 Å². The monoisotopic (exact) mass is 325 g/mol. The van der Waals surface area contributed by atoms with Crippen LogP contribution in [0.15, 0.2) is 34.9 Å². The van der Waals surface area contributed by atoms with Gasteiger partial charge in [-0.25, -0.2) is 4.98 Å². The molecular weight excluding hydrogens is 314 g/mol. The molecule has 0 saturated carbocycles. The van der Waals surface area contributed by atoms with Gasteiger partial charge in [0.15, 0.2) is 0 Å². The van der Waals surface area contributed by atoms with Crippen LogP contribution in [0.25, 0.3) is 0 Å². The quantitative estimate of drug-likeness (QED) is 0.826. The van der Waals surface area contributed by atoms with Crippen LogP contribution in [-0.4, -0.2) is 9.97 Å². The summed E-state index contributed by atoms with van der Waals surface area (Å²) >= 11 is 9.17. The first-order chi connectivity index (χ1) is 8.56. The van der Waals surface area contributed by atoms with Crippen molar-refractivity contribution in [2.45, 2.75) is 19.8 Å². The number of hydrogen-bond acceptors (Lipinski definition) is 3. The van der Waals surface area contributed by atoms with Gasteiger partial charge < -0.3 is 5.32 Å². The number of nitrogens with zero attached hydrogens (tertiary/aromatic N) is 2. The van der Waals surface area contributed by atoms with Crippen LogP contribution < -0.4 is 5.32 Å². The molecule has 0 radical (unpaired) electrons. The molecule has 1 aromatic carbocycles. The summed E-state index contributed by atoms with van der Waals surface area (Å²) in [6.07, 6.45) is 1.63. The fourth-order valence-corrected chi connectivity index (χ4v) is 1.97. The molecule has 0 amide bonds. The van der Waals surface area contributed by atoms with E-state index in [-0.39, 0.29) is 5.28 Å². The molecule has 3 nitrogen and oxygen atoms in total. The molecule has 0 unspecified atom stereocenters. The van der Waals surface area contributed by atoms with Crippen molar-refractivity contribution >= 4 is 39.0 Å². The molecular formula is C13H13BrClN3. The minimum absolute atomic E-state index is 0.223. The van der Waals surface area contributed by atoms with Crippen LogP contribution in [0, 0.1) is 0 Å². The van der Waals surface area contributed by atoms with E-state index in [1.807, 2.05) is 12.1 Å². The first-order valence-electron chi connectivity index (χ1n) is 5.61. The number of anilines is 2. The van der Waals surface area contributed by atoms with Crippen molar-refractivity contribution in [3.8, 4) is 0 Å². The van der Waals surface area contributed by atoms with Crippen LogP contribution in [0.1, 0.15) is 25.3 Å². The number of rotatable bonds is 3. The normalized spacial score (nSPS) is 10.7. The zero-order valence-electron chi connectivity index (χ0n) is 10.1. The summed E-state index contributed by atoms with van der Waals surface area (Å²) in [5.74, 6) is 1.15. The van der Waals surface area contributed by atoms with E-state index < -0.39 is 0 Å². The fourth-order valence-electron chi connectivity index (χ4n) is 1.55. The Bertz CT molecular complexity index is 558. The van der Waals surface area contributed by atoms with E-state index in [0.717, 1.165) is 10.2 Å². The molecule has 0 spiro atoms. The Balaban J connectivity index is 2.28. The molecule has 1 N–H and O–H groups in total. The van der Waals surface area contributed by atoms with Gasteiger partial charge in [0.1, 0.15) is 5.82 Å². The van der Waals surface area contributed by atoms with Crippen molar-refractivity contribution in [3.63, 3.8) is 0 Å². The Kier molecular flexibility index (Phi) is 4.19. The zero-order valence-corrected chi connectivity index (χ0v) is 12.5. The summed E-state index contributed by atoms with van der Waals surface area (Å²) in [6, 6.07) is 8.23. The topological polar surface area (TPSA) is 37.8 Å². The van der Waals surface area contributed by atoms with Crippen molar-refractivity contribution in [2.24, 2.45) is 0 Å². The van der Waals surface area contributed by atoms with Gasteiger partial charge in [-0.2, -0.15) is 4.98 Å². The second-order valence-electron chi connectivity index (χ2n) is 4.24. The van der Waals surface area contributed by atoms with Crippen molar-refractivity contribution in [2.75, 3.05) is 5.32 Å². The average molecular weight is 327 g/mol. The Morgan fingerprint density at radius 2 is 2.11 bits per heavy atom. The fraction of sp³-hybridized carbons (Fsp3) is 0.231. The number of nitrogens with one attached hydrogen (secondary N) is 1. The molecule has 0 aliphatic rings. The highest BCUT2D eigenvalue weighted by molar-refractivity contribution is 9.10. The first kappa shape index (κ1) is 13.3. The summed E-state index contributed by atoms with van der Waals surface area (Å²) in [4.78, 5) is 8.03. The lowest BCUT2D eigenvalue weighted by Gasteiger charge is -2.10. The molecule has 1 aromatic heterocycles. The van der Waals surface area contributed by atoms with E-state index in [0.29, 0.717) is 11.7 Å². The van der Waals surface area contributed by atoms with Crippen LogP contribution >= 0.6 is 27.5 Å². The Morgan fingerprint density at radius 1 is 1.33 bits per heavy atom. The maximum atomic E-state index is 5.78. The number of aromatic nitrogens is 2. The van der Waals surface area contributed by atoms with Gasteiger partial charge in [0, 0.05) is 11.9 Å². The van der Waals surface area contributed by atoms with Crippen LogP contribution in [0.5, 0.6) is 0 Å². The summed E-state index contributed by atoms with van der Waals surface area (Å²) in [5.41, 5.74) is 2.26. The van der Waals surface area contributed by atoms with Crippen molar-refractivity contribution in [3.05, 3.63) is 45.8 Å². The molecule has 94 valence electrons. The molecule has 0 atom stereocenters. The molecule has 0 aliphatic heterocycles. The lowest BCUT2D eigenvalue weighted by atomic mass is 10.0. The van der Waals surface area contributed by atoms with Crippen molar-refractivity contribution < 1.29 is 0 Å². The molecule has 18 heavy (non-hydrogen) atoms. The predicted octanol–water partition coefficient (Wildman–Crippen LogP) is 4.76. The molecule has 0 saturated heterocycles. The Labute approximate surface area is 120 Å². The summed E-state index contributed by atoms with van der Waals surface area (Å²) in [7, 11) is 0. The van der Waals surface area contributed by atoms with Gasteiger partial charge in [0.2, 0.25) is 5.28 Å². The predicted molar refractivity (Wildman–Crippen MR) is 78.6 cm³/mol. The van der Waals surface area contributed by atoms with Gasteiger partial charge >= 0.3 is 0 Å². The van der Waals surface area contributed by atoms with Gasteiger partial charge in [-0.1, -0.05) is 26.0 Å². The van der Waals surface area contributed by atoms with Gasteiger partial charge in [-0.3, -0.25) is 0 Å². The Morgan fingerprint density at radius 3 is 2.83 bits per heavy atom. The smallest absolute Gasteiger partial charge is 0.224 e. The number of halogens is 2. The molecule has 2 aromatic rings. The van der Waals surface area contributed by atoms with Crippen molar-refractivity contribution in [1.29, 1.82) is 0 Å². The molecule has 2 rings (SSSR count). The molecule has 0 aliphatic carbocycles. The third-order valence-corrected chi connectivity index (χ3v) is 3.29. The second kappa shape index (κ2) is 5.67. The zero-order chi connectivity index (χ0) is 13.1. The van der Waals surface area contributed by atoms with Crippen LogP contribution in [0.3, 0.4) is 0 Å². The summed E-state index contributed by atoms with van der Waals surface area (Å²) < 4.78 is 0.779. The van der Waals surface area contributed by atoms with E-state index >= 15 is 0 Å². The molecule has 1 heterocycles. The van der Waals surface area contributed by atoms with Crippen LogP contribution in [0.4, 0.5) is 11.5 Å². The van der Waals surface area contributed by atoms with Gasteiger partial charge in [-0.15, -0.1) is 0 Å². The molecule has 5 heteroatoms. The lowest BCUT2D eigenvalue weighted by molar-refractivity contribution is 0.867. The highest BCUT2D eigenvalue weighted by Crippen LogP contribution is 2.26. The first-order valence-corrected chi connectivity index (χ1v) is 6.78.